The van der Waals surface area contributed by atoms with Crippen LogP contribution < -0.4 is 0 Å². The van der Waals surface area contributed by atoms with E-state index in [1.807, 2.05) is 0 Å². The van der Waals surface area contributed by atoms with Gasteiger partial charge < -0.3 is 4.42 Å². The summed E-state index contributed by atoms with van der Waals surface area (Å²) in [5.41, 5.74) is 0.544. The summed E-state index contributed by atoms with van der Waals surface area (Å²) in [6.07, 6.45) is 2.55. The molecule has 1 rings (SSSR count). The van der Waals surface area contributed by atoms with Crippen molar-refractivity contribution >= 4 is 18.6 Å². The zero-order valence-electron chi connectivity index (χ0n) is 5.74. The molecule has 0 saturated heterocycles. The van der Waals surface area contributed by atoms with E-state index in [-0.39, 0.29) is 11.5 Å². The fraction of sp³-hybridized carbons (Fsp3) is 0. The largest absolute Gasteiger partial charge is 0.450 e. The molecular weight excluding hydrogens is 144 g/mol. The van der Waals surface area contributed by atoms with Gasteiger partial charge in [0.2, 0.25) is 0 Å². The van der Waals surface area contributed by atoms with Crippen molar-refractivity contribution in [3.63, 3.8) is 0 Å². The van der Waals surface area contributed by atoms with Crippen LogP contribution in [0.4, 0.5) is 0 Å². The van der Waals surface area contributed by atoms with Crippen molar-refractivity contribution in [2.45, 2.75) is 0 Å². The number of rotatable bonds is 3. The van der Waals surface area contributed by atoms with E-state index in [1.54, 1.807) is 0 Å². The minimum absolute atomic E-state index is 0.141. The molecule has 3 heteroatoms. The Morgan fingerprint density at radius 2 is 2.09 bits per heavy atom. The van der Waals surface area contributed by atoms with Crippen LogP contribution in [0.1, 0.15) is 26.7 Å². The molecule has 1 aromatic heterocycles. The van der Waals surface area contributed by atoms with Crippen LogP contribution in [0, 0.1) is 0 Å². The van der Waals surface area contributed by atoms with E-state index in [4.69, 9.17) is 4.42 Å². The lowest BCUT2D eigenvalue weighted by molar-refractivity contribution is 0.108. The molecule has 56 valence electrons. The lowest BCUT2D eigenvalue weighted by Gasteiger charge is -1.81. The molecule has 3 nitrogen and oxygen atoms in total. The maximum Gasteiger partial charge on any atom is 0.185 e. The van der Waals surface area contributed by atoms with Crippen molar-refractivity contribution in [1.29, 1.82) is 0 Å². The van der Waals surface area contributed by atoms with Crippen molar-refractivity contribution in [3.05, 3.63) is 29.7 Å². The predicted molar refractivity (Wildman–Crippen MR) is 39.6 cm³/mol. The van der Waals surface area contributed by atoms with Crippen LogP contribution >= 0.6 is 0 Å². The molecule has 0 fully saturated rings. The molecule has 0 saturated carbocycles. The average molecular weight is 150 g/mol. The van der Waals surface area contributed by atoms with Crippen LogP contribution in [-0.2, 0) is 0 Å². The Balaban J connectivity index is 3.21. The van der Waals surface area contributed by atoms with Crippen LogP contribution in [0.2, 0.25) is 0 Å². The summed E-state index contributed by atoms with van der Waals surface area (Å²) in [5.74, 6) is 0.282. The highest BCUT2D eigenvalue weighted by atomic mass is 16.4. The summed E-state index contributed by atoms with van der Waals surface area (Å²) in [4.78, 5) is 20.4. The smallest absolute Gasteiger partial charge is 0.185 e. The minimum Gasteiger partial charge on any atom is -0.450 e. The van der Waals surface area contributed by atoms with Crippen molar-refractivity contribution in [3.8, 4) is 0 Å². The van der Waals surface area contributed by atoms with Gasteiger partial charge in [-0.3, -0.25) is 9.59 Å². The molecule has 0 spiro atoms. The molecule has 0 amide bonds. The van der Waals surface area contributed by atoms with E-state index in [0.29, 0.717) is 18.1 Å². The Morgan fingerprint density at radius 3 is 2.45 bits per heavy atom. The molecule has 1 aromatic rings. The van der Waals surface area contributed by atoms with Crippen molar-refractivity contribution in [1.82, 2.24) is 0 Å². The fourth-order valence-corrected chi connectivity index (χ4v) is 0.749. The first-order valence-corrected chi connectivity index (χ1v) is 2.98. The van der Waals surface area contributed by atoms with Crippen LogP contribution in [0.3, 0.4) is 0 Å². The van der Waals surface area contributed by atoms with Gasteiger partial charge in [-0.05, 0) is 6.07 Å². The number of aldehydes is 2. The highest BCUT2D eigenvalue weighted by molar-refractivity contribution is 5.82. The number of carbonyl (C=O) groups excluding carboxylic acids is 2. The second-order valence-corrected chi connectivity index (χ2v) is 1.91. The normalized spacial score (nSPS) is 9.09. The molecule has 0 aliphatic carbocycles. The molecule has 0 unspecified atom stereocenters. The van der Waals surface area contributed by atoms with E-state index in [2.05, 4.69) is 6.58 Å². The predicted octanol–water partition coefficient (Wildman–Crippen LogP) is 1.55. The van der Waals surface area contributed by atoms with Gasteiger partial charge >= 0.3 is 0 Å². The molecule has 1 heterocycles. The van der Waals surface area contributed by atoms with Gasteiger partial charge in [0.15, 0.2) is 24.1 Å². The summed E-state index contributed by atoms with van der Waals surface area (Å²) < 4.78 is 4.80. The lowest BCUT2D eigenvalue weighted by atomic mass is 10.2. The van der Waals surface area contributed by atoms with Gasteiger partial charge in [0.1, 0.15) is 0 Å². The summed E-state index contributed by atoms with van der Waals surface area (Å²) in [6, 6.07) is 1.46. The van der Waals surface area contributed by atoms with Gasteiger partial charge in [-0.1, -0.05) is 12.7 Å². The van der Waals surface area contributed by atoms with E-state index in [1.165, 1.54) is 12.1 Å². The number of furan rings is 1. The maximum atomic E-state index is 10.3. The summed E-state index contributed by atoms with van der Waals surface area (Å²) >= 11 is 0. The van der Waals surface area contributed by atoms with E-state index >= 15 is 0 Å². The highest BCUT2D eigenvalue weighted by Crippen LogP contribution is 2.12. The number of carbonyl (C=O) groups is 2. The van der Waals surface area contributed by atoms with E-state index in [0.717, 1.165) is 0 Å². The minimum atomic E-state index is 0.141. The van der Waals surface area contributed by atoms with Gasteiger partial charge in [-0.2, -0.15) is 0 Å². The quantitative estimate of drug-likeness (QED) is 0.614. The van der Waals surface area contributed by atoms with Gasteiger partial charge in [0.05, 0.1) is 0 Å². The van der Waals surface area contributed by atoms with E-state index < -0.39 is 0 Å². The lowest BCUT2D eigenvalue weighted by Crippen LogP contribution is -1.75. The molecule has 0 bridgehead atoms. The Labute approximate surface area is 63.3 Å². The molecule has 0 N–H and O–H groups in total. The molecule has 0 atom stereocenters. The number of hydrogen-bond acceptors (Lipinski definition) is 3. The van der Waals surface area contributed by atoms with Crippen LogP contribution in [0.25, 0.3) is 6.08 Å². The highest BCUT2D eigenvalue weighted by Gasteiger charge is 2.05. The van der Waals surface area contributed by atoms with Crippen molar-refractivity contribution in [2.24, 2.45) is 0 Å². The summed E-state index contributed by atoms with van der Waals surface area (Å²) in [7, 11) is 0. The first-order valence-electron chi connectivity index (χ1n) is 2.98. The van der Waals surface area contributed by atoms with Gasteiger partial charge in [-0.15, -0.1) is 0 Å². The molecule has 0 radical (unpaired) electrons. The Morgan fingerprint density at radius 1 is 1.36 bits per heavy atom. The van der Waals surface area contributed by atoms with Gasteiger partial charge in [-0.25, -0.2) is 0 Å². The Kier molecular flexibility index (Phi) is 2.01. The second kappa shape index (κ2) is 2.96. The standard InChI is InChI=1S/C8H6O3/c1-2-6-3-7(4-9)11-8(6)5-10/h2-5H,1H2. The molecule has 11 heavy (non-hydrogen) atoms. The summed E-state index contributed by atoms with van der Waals surface area (Å²) in [5, 5.41) is 0. The number of hydrogen-bond donors (Lipinski definition) is 0. The monoisotopic (exact) mass is 150 g/mol. The topological polar surface area (TPSA) is 47.3 Å². The van der Waals surface area contributed by atoms with Crippen molar-refractivity contribution < 1.29 is 14.0 Å². The average Bonchev–Trinajstić information content (AvgIpc) is 2.46. The van der Waals surface area contributed by atoms with Gasteiger partial charge in [0.25, 0.3) is 0 Å². The molecule has 0 aliphatic rings. The van der Waals surface area contributed by atoms with Crippen molar-refractivity contribution in [2.75, 3.05) is 0 Å². The van der Waals surface area contributed by atoms with E-state index in [9.17, 15) is 9.59 Å². The third kappa shape index (κ3) is 1.26. The SMILES string of the molecule is C=Cc1cc(C=O)oc1C=O. The molecule has 0 aromatic carbocycles. The maximum absolute atomic E-state index is 10.3. The Bertz CT molecular complexity index is 271. The fourth-order valence-electron chi connectivity index (χ4n) is 0.749. The van der Waals surface area contributed by atoms with Gasteiger partial charge in [0, 0.05) is 5.56 Å². The molecule has 0 aliphatic heterocycles. The second-order valence-electron chi connectivity index (χ2n) is 1.91. The van der Waals surface area contributed by atoms with Crippen LogP contribution in [-0.4, -0.2) is 12.6 Å². The van der Waals surface area contributed by atoms with Crippen LogP contribution in [0.5, 0.6) is 0 Å². The summed E-state index contributed by atoms with van der Waals surface area (Å²) in [6.45, 7) is 3.45. The third-order valence-corrected chi connectivity index (χ3v) is 1.25. The first-order chi connectivity index (χ1) is 5.31. The zero-order chi connectivity index (χ0) is 8.27. The third-order valence-electron chi connectivity index (χ3n) is 1.25. The molecular formula is C8H6O3. The first kappa shape index (κ1) is 7.47. The zero-order valence-corrected chi connectivity index (χ0v) is 5.74. The Hall–Kier alpha value is -1.64. The van der Waals surface area contributed by atoms with Crippen LogP contribution in [0.15, 0.2) is 17.1 Å².